The summed E-state index contributed by atoms with van der Waals surface area (Å²) >= 11 is 0. The van der Waals surface area contributed by atoms with E-state index in [2.05, 4.69) is 130 Å². The van der Waals surface area contributed by atoms with E-state index in [1.165, 1.54) is 51.4 Å². The zero-order valence-electron chi connectivity index (χ0n) is 41.7. The van der Waals surface area contributed by atoms with Crippen LogP contribution in [0.4, 0.5) is 0 Å². The number of rotatable bonds is 45. The third-order valence-electron chi connectivity index (χ3n) is 10.5. The quantitative estimate of drug-likeness (QED) is 0.0262. The van der Waals surface area contributed by atoms with Crippen LogP contribution in [0.25, 0.3) is 0 Å². The highest BCUT2D eigenvalue weighted by molar-refractivity contribution is 5.71. The molecule has 1 unspecified atom stereocenters. The van der Waals surface area contributed by atoms with Gasteiger partial charge in [0.2, 0.25) is 0 Å². The Morgan fingerprint density at radius 3 is 1.00 bits per heavy atom. The smallest absolute Gasteiger partial charge is 0.306 e. The standard InChI is InChI=1S/C59H94O6/c1-4-7-10-13-15-17-19-21-22-23-24-25-26-27-28-29-30-31-32-33-34-35-36-38-39-41-43-46-49-52-58(61)64-55-56(54-63-57(60)51-48-45-12-9-6-3)65-59(62)53-50-47-44-42-40-37-20-18-16-14-11-8-5-2/h7-8,10-11,15-18,21-22,24-25,27-28,30-31,37,40,44,47,56H,4-6,9,12-14,19-20,23,26,29,32-36,38-39,41-43,45-46,48-55H2,1-3H3/b10-7-,11-8-,17-15-,18-16-,22-21-,25-24-,28-27-,31-30-,40-37-,47-44-. The monoisotopic (exact) mass is 899 g/mol. The van der Waals surface area contributed by atoms with Gasteiger partial charge >= 0.3 is 17.9 Å². The molecule has 0 saturated carbocycles. The van der Waals surface area contributed by atoms with Crippen molar-refractivity contribution in [1.29, 1.82) is 0 Å². The predicted octanol–water partition coefficient (Wildman–Crippen LogP) is 17.3. The number of allylic oxidation sites excluding steroid dienone is 20. The lowest BCUT2D eigenvalue weighted by atomic mass is 10.1. The summed E-state index contributed by atoms with van der Waals surface area (Å²) < 4.78 is 16.6. The van der Waals surface area contributed by atoms with Crippen LogP contribution in [0.1, 0.15) is 213 Å². The summed E-state index contributed by atoms with van der Waals surface area (Å²) in [5.41, 5.74) is 0. The van der Waals surface area contributed by atoms with Crippen LogP contribution in [0.5, 0.6) is 0 Å². The van der Waals surface area contributed by atoms with Crippen LogP contribution in [-0.4, -0.2) is 37.2 Å². The predicted molar refractivity (Wildman–Crippen MR) is 279 cm³/mol. The van der Waals surface area contributed by atoms with Gasteiger partial charge < -0.3 is 14.2 Å². The van der Waals surface area contributed by atoms with Gasteiger partial charge in [0.05, 0.1) is 0 Å². The largest absolute Gasteiger partial charge is 0.462 e. The fourth-order valence-corrected chi connectivity index (χ4v) is 6.63. The second-order valence-corrected chi connectivity index (χ2v) is 16.7. The minimum atomic E-state index is -0.815. The van der Waals surface area contributed by atoms with Gasteiger partial charge in [0.25, 0.3) is 0 Å². The van der Waals surface area contributed by atoms with Gasteiger partial charge in [-0.25, -0.2) is 0 Å². The van der Waals surface area contributed by atoms with E-state index in [1.54, 1.807) is 0 Å². The van der Waals surface area contributed by atoms with Crippen molar-refractivity contribution in [2.75, 3.05) is 13.2 Å². The number of esters is 3. The minimum Gasteiger partial charge on any atom is -0.462 e. The van der Waals surface area contributed by atoms with Crippen LogP contribution < -0.4 is 0 Å². The molecule has 6 nitrogen and oxygen atoms in total. The van der Waals surface area contributed by atoms with Crippen molar-refractivity contribution in [3.05, 3.63) is 122 Å². The number of carbonyl (C=O) groups is 3. The van der Waals surface area contributed by atoms with Crippen LogP contribution in [0, 0.1) is 0 Å². The molecule has 0 spiro atoms. The molecule has 65 heavy (non-hydrogen) atoms. The molecule has 1 atom stereocenters. The van der Waals surface area contributed by atoms with E-state index < -0.39 is 12.1 Å². The first-order valence-electron chi connectivity index (χ1n) is 26.0. The van der Waals surface area contributed by atoms with Crippen LogP contribution in [-0.2, 0) is 28.6 Å². The zero-order chi connectivity index (χ0) is 47.2. The molecule has 0 aliphatic heterocycles. The molecule has 0 aliphatic rings. The van der Waals surface area contributed by atoms with Gasteiger partial charge in [-0.15, -0.1) is 0 Å². The second-order valence-electron chi connectivity index (χ2n) is 16.7. The van der Waals surface area contributed by atoms with E-state index in [0.717, 1.165) is 116 Å². The average Bonchev–Trinajstić information content (AvgIpc) is 3.30. The molecule has 0 saturated heterocycles. The van der Waals surface area contributed by atoms with Gasteiger partial charge in [-0.05, 0) is 96.3 Å². The van der Waals surface area contributed by atoms with Gasteiger partial charge in [-0.3, -0.25) is 14.4 Å². The number of ether oxygens (including phenoxy) is 3. The van der Waals surface area contributed by atoms with Crippen LogP contribution >= 0.6 is 0 Å². The van der Waals surface area contributed by atoms with Crippen molar-refractivity contribution in [2.45, 2.75) is 219 Å². The first kappa shape index (κ1) is 60.8. The highest BCUT2D eigenvalue weighted by Gasteiger charge is 2.19. The summed E-state index contributed by atoms with van der Waals surface area (Å²) in [5.74, 6) is -1.02. The fourth-order valence-electron chi connectivity index (χ4n) is 6.63. The number of hydrogen-bond acceptors (Lipinski definition) is 6. The Morgan fingerprint density at radius 1 is 0.323 bits per heavy atom. The summed E-state index contributed by atoms with van der Waals surface area (Å²) in [6, 6.07) is 0. The first-order valence-corrected chi connectivity index (χ1v) is 26.0. The molecule has 0 aromatic rings. The van der Waals surface area contributed by atoms with Gasteiger partial charge in [0, 0.05) is 19.3 Å². The van der Waals surface area contributed by atoms with E-state index in [0.29, 0.717) is 19.3 Å². The summed E-state index contributed by atoms with van der Waals surface area (Å²) in [5, 5.41) is 0. The van der Waals surface area contributed by atoms with Gasteiger partial charge in [0.1, 0.15) is 13.2 Å². The fraction of sp³-hybridized carbons (Fsp3) is 0.610. The molecule has 0 aliphatic carbocycles. The van der Waals surface area contributed by atoms with Gasteiger partial charge in [0.15, 0.2) is 6.10 Å². The number of carbonyl (C=O) groups excluding carboxylic acids is 3. The summed E-state index contributed by atoms with van der Waals surface area (Å²) in [7, 11) is 0. The molecule has 0 bridgehead atoms. The third-order valence-corrected chi connectivity index (χ3v) is 10.5. The minimum absolute atomic E-state index is 0.111. The Kier molecular flexibility index (Phi) is 49.1. The number of hydrogen-bond donors (Lipinski definition) is 0. The topological polar surface area (TPSA) is 78.9 Å². The molecule has 0 amide bonds. The highest BCUT2D eigenvalue weighted by Crippen LogP contribution is 2.13. The summed E-state index contributed by atoms with van der Waals surface area (Å²) in [6.07, 6.45) is 72.5. The Morgan fingerprint density at radius 2 is 0.631 bits per heavy atom. The van der Waals surface area contributed by atoms with Crippen LogP contribution in [0.15, 0.2) is 122 Å². The molecule has 0 radical (unpaired) electrons. The molecule has 0 heterocycles. The molecule has 0 N–H and O–H groups in total. The Balaban J connectivity index is 4.13. The molecule has 6 heteroatoms. The van der Waals surface area contributed by atoms with E-state index in [9.17, 15) is 14.4 Å². The van der Waals surface area contributed by atoms with Gasteiger partial charge in [-0.2, -0.15) is 0 Å². The summed E-state index contributed by atoms with van der Waals surface area (Å²) in [4.78, 5) is 37.6. The second kappa shape index (κ2) is 52.4. The summed E-state index contributed by atoms with van der Waals surface area (Å²) in [6.45, 7) is 6.23. The molecule has 0 aromatic carbocycles. The molecule has 0 aromatic heterocycles. The van der Waals surface area contributed by atoms with Crippen molar-refractivity contribution in [3.8, 4) is 0 Å². The Bertz CT molecular complexity index is 1400. The van der Waals surface area contributed by atoms with E-state index in [1.807, 2.05) is 12.2 Å². The normalized spacial score (nSPS) is 13.1. The maximum atomic E-state index is 12.7. The molecule has 0 fully saturated rings. The van der Waals surface area contributed by atoms with Crippen molar-refractivity contribution in [2.24, 2.45) is 0 Å². The van der Waals surface area contributed by atoms with Crippen LogP contribution in [0.3, 0.4) is 0 Å². The SMILES string of the molecule is CC/C=C\C/C=C\C/C=C\C/C=C\C/C=C\C/C=C\CCCCCCCCCCCCC(=O)OCC(COC(=O)CCCCCCC)OC(=O)CC/C=C\C/C=C\C/C=C\C/C=C\CC. The van der Waals surface area contributed by atoms with Crippen molar-refractivity contribution in [1.82, 2.24) is 0 Å². The van der Waals surface area contributed by atoms with E-state index in [-0.39, 0.29) is 31.6 Å². The maximum absolute atomic E-state index is 12.7. The van der Waals surface area contributed by atoms with E-state index in [4.69, 9.17) is 14.2 Å². The average molecular weight is 899 g/mol. The molecule has 0 rings (SSSR count). The lowest BCUT2D eigenvalue weighted by molar-refractivity contribution is -0.166. The van der Waals surface area contributed by atoms with Crippen molar-refractivity contribution >= 4 is 17.9 Å². The lowest BCUT2D eigenvalue weighted by Gasteiger charge is -2.18. The zero-order valence-corrected chi connectivity index (χ0v) is 41.7. The van der Waals surface area contributed by atoms with Crippen molar-refractivity contribution in [3.63, 3.8) is 0 Å². The van der Waals surface area contributed by atoms with Crippen LogP contribution in [0.2, 0.25) is 0 Å². The lowest BCUT2D eigenvalue weighted by Crippen LogP contribution is -2.30. The number of unbranched alkanes of at least 4 members (excludes halogenated alkanes) is 14. The van der Waals surface area contributed by atoms with Gasteiger partial charge in [-0.1, -0.05) is 219 Å². The van der Waals surface area contributed by atoms with E-state index >= 15 is 0 Å². The Labute approximate surface area is 399 Å². The third kappa shape index (κ3) is 50.7. The van der Waals surface area contributed by atoms with Crippen molar-refractivity contribution < 1.29 is 28.6 Å². The molecular formula is C59H94O6. The first-order chi connectivity index (χ1) is 32.0. The highest BCUT2D eigenvalue weighted by atomic mass is 16.6. The molecular weight excluding hydrogens is 805 g/mol. The molecule has 366 valence electrons. The Hall–Kier alpha value is -4.19. The maximum Gasteiger partial charge on any atom is 0.306 e.